The lowest BCUT2D eigenvalue weighted by atomic mass is 9.97. The summed E-state index contributed by atoms with van der Waals surface area (Å²) in [5, 5.41) is 16.6. The van der Waals surface area contributed by atoms with Gasteiger partial charge in [0, 0.05) is 11.1 Å². The highest BCUT2D eigenvalue weighted by atomic mass is 35.5. The van der Waals surface area contributed by atoms with Crippen LogP contribution < -0.4 is 0 Å². The first-order valence-electron chi connectivity index (χ1n) is 5.95. The van der Waals surface area contributed by atoms with Gasteiger partial charge in [0.25, 0.3) is 10.5 Å². The van der Waals surface area contributed by atoms with Crippen molar-refractivity contribution in [3.8, 4) is 23.3 Å². The number of rotatable bonds is 3. The molecule has 0 aliphatic carbocycles. The number of nitriles is 2. The summed E-state index contributed by atoms with van der Waals surface area (Å²) in [6.07, 6.45) is 0. The Hall–Kier alpha value is -2.66. The smallest absolute Gasteiger partial charge is 0.252 e. The van der Waals surface area contributed by atoms with Gasteiger partial charge in [-0.2, -0.15) is 10.5 Å². The zero-order valence-corrected chi connectivity index (χ0v) is 12.4. The molecule has 0 atom stereocenters. The molecule has 0 aliphatic rings. The summed E-state index contributed by atoms with van der Waals surface area (Å²) in [5.41, 5.74) is 1.75. The first-order chi connectivity index (χ1) is 10.4. The summed E-state index contributed by atoms with van der Waals surface area (Å²) < 4.78 is 0. The summed E-state index contributed by atoms with van der Waals surface area (Å²) in [4.78, 5) is 22.6. The molecule has 0 aromatic heterocycles. The molecule has 0 bridgehead atoms. The van der Waals surface area contributed by atoms with E-state index >= 15 is 0 Å². The fourth-order valence-electron chi connectivity index (χ4n) is 1.94. The Balaban J connectivity index is 2.71. The predicted molar refractivity (Wildman–Crippen MR) is 81.7 cm³/mol. The second-order valence-electron chi connectivity index (χ2n) is 4.37. The molecule has 0 saturated heterocycles. The summed E-state index contributed by atoms with van der Waals surface area (Å²) in [5.74, 6) is 0. The number of hydrogen-bond donors (Lipinski definition) is 0. The summed E-state index contributed by atoms with van der Waals surface area (Å²) in [6, 6.07) is 12.6. The lowest BCUT2D eigenvalue weighted by Crippen LogP contribution is -1.95. The van der Waals surface area contributed by atoms with Crippen molar-refractivity contribution in [3.63, 3.8) is 0 Å². The molecule has 6 heteroatoms. The van der Waals surface area contributed by atoms with E-state index in [1.54, 1.807) is 0 Å². The summed E-state index contributed by atoms with van der Waals surface area (Å²) >= 11 is 10.9. The topological polar surface area (TPSA) is 81.7 Å². The molecular weight excluding hydrogens is 323 g/mol. The van der Waals surface area contributed by atoms with Gasteiger partial charge in [0.15, 0.2) is 0 Å². The van der Waals surface area contributed by atoms with Crippen molar-refractivity contribution in [2.45, 2.75) is 0 Å². The minimum atomic E-state index is -0.705. The zero-order valence-electron chi connectivity index (χ0n) is 10.9. The molecular formula is C16H6Cl2N2O2. The van der Waals surface area contributed by atoms with Gasteiger partial charge < -0.3 is 0 Å². The minimum absolute atomic E-state index is 0.150. The molecule has 0 heterocycles. The van der Waals surface area contributed by atoms with Crippen LogP contribution in [0.3, 0.4) is 0 Å². The fourth-order valence-corrected chi connectivity index (χ4v) is 2.16. The van der Waals surface area contributed by atoms with Crippen LogP contribution in [0.2, 0.25) is 0 Å². The number of halogens is 2. The van der Waals surface area contributed by atoms with Crippen molar-refractivity contribution in [1.29, 1.82) is 10.5 Å². The van der Waals surface area contributed by atoms with Crippen molar-refractivity contribution < 1.29 is 9.59 Å². The quantitative estimate of drug-likeness (QED) is 0.801. The van der Waals surface area contributed by atoms with Gasteiger partial charge in [-0.3, -0.25) is 9.59 Å². The van der Waals surface area contributed by atoms with E-state index in [9.17, 15) is 9.59 Å². The molecule has 0 fully saturated rings. The summed E-state index contributed by atoms with van der Waals surface area (Å²) in [6.45, 7) is 0. The van der Waals surface area contributed by atoms with Gasteiger partial charge in [-0.15, -0.1) is 0 Å². The van der Waals surface area contributed by atoms with Crippen LogP contribution in [0.1, 0.15) is 31.8 Å². The van der Waals surface area contributed by atoms with Crippen LogP contribution in [0.25, 0.3) is 11.1 Å². The molecule has 4 nitrogen and oxygen atoms in total. The SMILES string of the molecule is N#Cc1cc(C(=O)Cl)cc(-c2cc(C#N)cc(C(=O)Cl)c2)c1. The first-order valence-corrected chi connectivity index (χ1v) is 6.70. The average Bonchev–Trinajstić information content (AvgIpc) is 2.53. The number of hydrogen-bond acceptors (Lipinski definition) is 4. The van der Waals surface area contributed by atoms with Gasteiger partial charge in [-0.05, 0) is 70.7 Å². The number of carbonyl (C=O) groups excluding carboxylic acids is 2. The second-order valence-corrected chi connectivity index (χ2v) is 5.06. The highest BCUT2D eigenvalue weighted by molar-refractivity contribution is 6.68. The normalized spacial score (nSPS) is 9.64. The monoisotopic (exact) mass is 328 g/mol. The minimum Gasteiger partial charge on any atom is -0.276 e. The third kappa shape index (κ3) is 3.32. The van der Waals surface area contributed by atoms with Crippen molar-refractivity contribution in [1.82, 2.24) is 0 Å². The maximum Gasteiger partial charge on any atom is 0.252 e. The van der Waals surface area contributed by atoms with Crippen LogP contribution in [0.4, 0.5) is 0 Å². The van der Waals surface area contributed by atoms with Gasteiger partial charge in [0.2, 0.25) is 0 Å². The number of carbonyl (C=O) groups is 2. The largest absolute Gasteiger partial charge is 0.276 e. The van der Waals surface area contributed by atoms with Crippen LogP contribution in [0, 0.1) is 22.7 Å². The molecule has 106 valence electrons. The van der Waals surface area contributed by atoms with E-state index in [2.05, 4.69) is 0 Å². The van der Waals surface area contributed by atoms with Crippen molar-refractivity contribution in [2.24, 2.45) is 0 Å². The lowest BCUT2D eigenvalue weighted by Gasteiger charge is -2.07. The molecule has 22 heavy (non-hydrogen) atoms. The van der Waals surface area contributed by atoms with E-state index in [1.807, 2.05) is 12.1 Å². The van der Waals surface area contributed by atoms with Crippen LogP contribution in [-0.2, 0) is 0 Å². The Labute approximate surface area is 136 Å². The zero-order chi connectivity index (χ0) is 16.3. The molecule has 0 unspecified atom stereocenters. The van der Waals surface area contributed by atoms with Gasteiger partial charge in [-0.25, -0.2) is 0 Å². The fraction of sp³-hybridized carbons (Fsp3) is 0. The Morgan fingerprint density at radius 2 is 1.09 bits per heavy atom. The van der Waals surface area contributed by atoms with Crippen molar-refractivity contribution in [3.05, 3.63) is 58.7 Å². The molecule has 0 N–H and O–H groups in total. The third-order valence-corrected chi connectivity index (χ3v) is 3.35. The van der Waals surface area contributed by atoms with Crippen molar-refractivity contribution >= 4 is 33.7 Å². The van der Waals surface area contributed by atoms with Gasteiger partial charge in [-0.1, -0.05) is 0 Å². The highest BCUT2D eigenvalue weighted by Gasteiger charge is 2.11. The molecule has 2 rings (SSSR count). The molecule has 0 radical (unpaired) electrons. The van der Waals surface area contributed by atoms with Crippen LogP contribution in [0.5, 0.6) is 0 Å². The van der Waals surface area contributed by atoms with E-state index in [0.29, 0.717) is 11.1 Å². The van der Waals surface area contributed by atoms with E-state index in [-0.39, 0.29) is 22.3 Å². The molecule has 0 spiro atoms. The molecule has 0 saturated carbocycles. The van der Waals surface area contributed by atoms with Crippen LogP contribution >= 0.6 is 23.2 Å². The van der Waals surface area contributed by atoms with Crippen LogP contribution in [0.15, 0.2) is 36.4 Å². The maximum absolute atomic E-state index is 11.3. The summed E-state index contributed by atoms with van der Waals surface area (Å²) in [7, 11) is 0. The Kier molecular flexibility index (Phi) is 4.58. The number of benzene rings is 2. The molecule has 2 aromatic carbocycles. The third-order valence-electron chi connectivity index (χ3n) is 2.91. The van der Waals surface area contributed by atoms with Crippen molar-refractivity contribution in [2.75, 3.05) is 0 Å². The second kappa shape index (κ2) is 6.41. The molecule has 0 aliphatic heterocycles. The van der Waals surface area contributed by atoms with Gasteiger partial charge >= 0.3 is 0 Å². The predicted octanol–water partition coefficient (Wildman–Crippen LogP) is 3.85. The maximum atomic E-state index is 11.3. The van der Waals surface area contributed by atoms with Gasteiger partial charge in [0.1, 0.15) is 0 Å². The lowest BCUT2D eigenvalue weighted by molar-refractivity contribution is 0.107. The van der Waals surface area contributed by atoms with Crippen LogP contribution in [-0.4, -0.2) is 10.5 Å². The standard InChI is InChI=1S/C16H6Cl2N2O2/c17-15(21)13-3-9(7-19)1-11(5-13)12-2-10(8-20)4-14(6-12)16(18)22/h1-6H. The van der Waals surface area contributed by atoms with E-state index in [1.165, 1.54) is 36.4 Å². The molecule has 2 aromatic rings. The Bertz CT molecular complexity index is 803. The number of nitrogens with zero attached hydrogens (tertiary/aromatic N) is 2. The molecule has 0 amide bonds. The Morgan fingerprint density at radius 3 is 1.36 bits per heavy atom. The van der Waals surface area contributed by atoms with Gasteiger partial charge in [0.05, 0.1) is 23.3 Å². The first kappa shape index (κ1) is 15.7. The van der Waals surface area contributed by atoms with E-state index in [0.717, 1.165) is 0 Å². The van der Waals surface area contributed by atoms with E-state index < -0.39 is 10.5 Å². The van der Waals surface area contributed by atoms with E-state index in [4.69, 9.17) is 33.7 Å². The highest BCUT2D eigenvalue weighted by Crippen LogP contribution is 2.26. The average molecular weight is 329 g/mol. The Morgan fingerprint density at radius 1 is 0.727 bits per heavy atom.